The second-order valence-electron chi connectivity index (χ2n) is 8.78. The van der Waals surface area contributed by atoms with E-state index in [4.69, 9.17) is 0 Å². The maximum atomic E-state index is 11.6. The molecule has 4 aliphatic heterocycles. The number of nitrogens with one attached hydrogen (secondary N) is 1. The van der Waals surface area contributed by atoms with Crippen LogP contribution in [0.4, 0.5) is 0 Å². The van der Waals surface area contributed by atoms with Crippen LogP contribution in [-0.2, 0) is 16.1 Å². The van der Waals surface area contributed by atoms with Crippen molar-refractivity contribution in [1.82, 2.24) is 10.2 Å². The number of nitrogens with zero attached hydrogens (tertiary/aromatic N) is 1. The van der Waals surface area contributed by atoms with Crippen LogP contribution in [0.2, 0.25) is 0 Å². The fourth-order valence-electron chi connectivity index (χ4n) is 5.38. The fraction of sp³-hybridized carbons (Fsp3) is 0.652. The molecule has 4 bridgehead atoms. The van der Waals surface area contributed by atoms with Crippen LogP contribution in [0, 0.1) is 0 Å². The van der Waals surface area contributed by atoms with Gasteiger partial charge >= 0.3 is 0 Å². The topological polar surface area (TPSA) is 49.4 Å². The van der Waals surface area contributed by atoms with Crippen LogP contribution in [0.25, 0.3) is 0 Å². The molecule has 1 aromatic rings. The highest BCUT2D eigenvalue weighted by atomic mass is 35.5. The van der Waals surface area contributed by atoms with E-state index < -0.39 is 0 Å². The lowest BCUT2D eigenvalue weighted by Gasteiger charge is -2.45. The van der Waals surface area contributed by atoms with Gasteiger partial charge in [0.25, 0.3) is 0 Å². The smallest absolute Gasteiger partial charge is 0.136 e. The number of hydrogen-bond acceptors (Lipinski definition) is 4. The summed E-state index contributed by atoms with van der Waals surface area (Å²) >= 11 is 0. The Balaban J connectivity index is 0.000000216. The second kappa shape index (κ2) is 11.5. The van der Waals surface area contributed by atoms with Gasteiger partial charge in [0.05, 0.1) is 0 Å². The minimum Gasteiger partial charge on any atom is -0.310 e. The van der Waals surface area contributed by atoms with Gasteiger partial charge in [-0.25, -0.2) is 0 Å². The second-order valence-corrected chi connectivity index (χ2v) is 8.78. The standard InChI is InChI=1S/C15H19NO.C8H13NO.2ClH/c17-15-9-13-7-4-8-14(10-15)16(13)11-12-5-2-1-3-6-12;10-8-4-6-2-1-3-7(5-8)9-6;;/h1-3,5-6,13-14H,4,7-11H2;6-7,9H,1-5H2;2*1H. The number of fused-ring (bicyclic) bond motifs is 4. The van der Waals surface area contributed by atoms with Crippen LogP contribution in [0.1, 0.15) is 69.8 Å². The minimum absolute atomic E-state index is 0. The number of Topliss-reactive ketones (excluding diaryl/α,β-unsaturated/α-hetero) is 2. The van der Waals surface area contributed by atoms with Crippen molar-refractivity contribution in [1.29, 1.82) is 0 Å². The Morgan fingerprint density at radius 3 is 1.86 bits per heavy atom. The highest BCUT2D eigenvalue weighted by Crippen LogP contribution is 2.33. The molecule has 6 heteroatoms. The van der Waals surface area contributed by atoms with Crippen molar-refractivity contribution < 1.29 is 9.59 Å². The van der Waals surface area contributed by atoms with E-state index in [0.29, 0.717) is 35.7 Å². The number of rotatable bonds is 2. The van der Waals surface area contributed by atoms with Gasteiger partial charge in [-0.2, -0.15) is 0 Å². The van der Waals surface area contributed by atoms with Crippen molar-refractivity contribution in [3.63, 3.8) is 0 Å². The van der Waals surface area contributed by atoms with Crippen molar-refractivity contribution >= 4 is 36.4 Å². The molecule has 162 valence electrons. The summed E-state index contributed by atoms with van der Waals surface area (Å²) < 4.78 is 0. The normalized spacial score (nSPS) is 30.9. The summed E-state index contributed by atoms with van der Waals surface area (Å²) in [6, 6.07) is 12.7. The highest BCUT2D eigenvalue weighted by molar-refractivity contribution is 5.85. The Labute approximate surface area is 187 Å². The number of halogens is 2. The van der Waals surface area contributed by atoms with Crippen LogP contribution in [0.5, 0.6) is 0 Å². The lowest BCUT2D eigenvalue weighted by Crippen LogP contribution is -2.51. The van der Waals surface area contributed by atoms with Crippen molar-refractivity contribution in [2.24, 2.45) is 0 Å². The molecule has 5 rings (SSSR count). The van der Waals surface area contributed by atoms with Crippen LogP contribution >= 0.6 is 24.8 Å². The maximum absolute atomic E-state index is 11.6. The van der Waals surface area contributed by atoms with Crippen molar-refractivity contribution in [2.45, 2.75) is 94.9 Å². The first-order valence-corrected chi connectivity index (χ1v) is 10.8. The lowest BCUT2D eigenvalue weighted by atomic mass is 9.83. The number of piperidine rings is 4. The molecular weight excluding hydrogens is 407 g/mol. The fourth-order valence-corrected chi connectivity index (χ4v) is 5.38. The van der Waals surface area contributed by atoms with Gasteiger partial charge in [0.15, 0.2) is 0 Å². The van der Waals surface area contributed by atoms with Crippen molar-refractivity contribution in [3.05, 3.63) is 35.9 Å². The molecule has 0 amide bonds. The van der Waals surface area contributed by atoms with Crippen molar-refractivity contribution in [3.8, 4) is 0 Å². The first kappa shape index (κ1) is 24.3. The molecule has 4 fully saturated rings. The third kappa shape index (κ3) is 6.52. The van der Waals surface area contributed by atoms with E-state index in [0.717, 1.165) is 32.2 Å². The van der Waals surface area contributed by atoms with Gasteiger partial charge in [-0.1, -0.05) is 43.2 Å². The summed E-state index contributed by atoms with van der Waals surface area (Å²) in [7, 11) is 0. The minimum atomic E-state index is 0. The number of benzene rings is 1. The first-order chi connectivity index (χ1) is 13.2. The quantitative estimate of drug-likeness (QED) is 0.736. The molecule has 29 heavy (non-hydrogen) atoms. The average molecular weight is 441 g/mol. The van der Waals surface area contributed by atoms with Crippen LogP contribution in [-0.4, -0.2) is 40.6 Å². The summed E-state index contributed by atoms with van der Waals surface area (Å²) in [5, 5.41) is 3.46. The Kier molecular flexibility index (Phi) is 9.61. The SMILES string of the molecule is Cl.Cl.O=C1CC2CCCC(C1)N2.O=C1CC2CCCC(C1)N2Cc1ccccc1. The molecule has 4 heterocycles. The Hall–Kier alpha value is -0.940. The summed E-state index contributed by atoms with van der Waals surface area (Å²) in [5.74, 6) is 0.942. The molecule has 4 nitrogen and oxygen atoms in total. The van der Waals surface area contributed by atoms with Crippen LogP contribution in [0.15, 0.2) is 30.3 Å². The molecule has 0 aliphatic carbocycles. The number of carbonyl (C=O) groups is 2. The van der Waals surface area contributed by atoms with E-state index in [1.54, 1.807) is 0 Å². The van der Waals surface area contributed by atoms with E-state index in [1.165, 1.54) is 44.1 Å². The molecule has 0 spiro atoms. The lowest BCUT2D eigenvalue weighted by molar-refractivity contribution is -0.127. The van der Waals surface area contributed by atoms with E-state index in [1.807, 2.05) is 0 Å². The third-order valence-corrected chi connectivity index (χ3v) is 6.67. The van der Waals surface area contributed by atoms with Gasteiger partial charge in [0.1, 0.15) is 11.6 Å². The largest absolute Gasteiger partial charge is 0.310 e. The molecule has 0 radical (unpaired) electrons. The third-order valence-electron chi connectivity index (χ3n) is 6.67. The molecule has 4 unspecified atom stereocenters. The average Bonchev–Trinajstić information content (AvgIpc) is 2.63. The molecule has 4 aliphatic rings. The van der Waals surface area contributed by atoms with Crippen LogP contribution < -0.4 is 5.32 Å². The van der Waals surface area contributed by atoms with Gasteiger partial charge in [-0.3, -0.25) is 14.5 Å². The Morgan fingerprint density at radius 1 is 0.759 bits per heavy atom. The van der Waals surface area contributed by atoms with Crippen molar-refractivity contribution in [2.75, 3.05) is 0 Å². The zero-order valence-electron chi connectivity index (χ0n) is 17.1. The Morgan fingerprint density at radius 2 is 1.28 bits per heavy atom. The van der Waals surface area contributed by atoms with Gasteiger partial charge in [0.2, 0.25) is 0 Å². The van der Waals surface area contributed by atoms with E-state index in [9.17, 15) is 9.59 Å². The van der Waals surface area contributed by atoms with E-state index >= 15 is 0 Å². The number of carbonyl (C=O) groups excluding carboxylic acids is 2. The summed E-state index contributed by atoms with van der Waals surface area (Å²) in [6.45, 7) is 1.02. The number of ketones is 2. The molecule has 4 atom stereocenters. The molecule has 1 N–H and O–H groups in total. The maximum Gasteiger partial charge on any atom is 0.136 e. The molecule has 0 saturated carbocycles. The molecule has 0 aromatic heterocycles. The Bertz CT molecular complexity index is 640. The van der Waals surface area contributed by atoms with Crippen LogP contribution in [0.3, 0.4) is 0 Å². The van der Waals surface area contributed by atoms with E-state index in [2.05, 4.69) is 40.5 Å². The zero-order chi connectivity index (χ0) is 18.6. The molecule has 1 aromatic carbocycles. The number of hydrogen-bond donors (Lipinski definition) is 1. The predicted molar refractivity (Wildman–Crippen MR) is 121 cm³/mol. The highest BCUT2D eigenvalue weighted by Gasteiger charge is 2.37. The first-order valence-electron chi connectivity index (χ1n) is 10.8. The monoisotopic (exact) mass is 440 g/mol. The van der Waals surface area contributed by atoms with Gasteiger partial charge in [-0.15, -0.1) is 24.8 Å². The van der Waals surface area contributed by atoms with E-state index in [-0.39, 0.29) is 24.8 Å². The van der Waals surface area contributed by atoms with Gasteiger partial charge < -0.3 is 5.32 Å². The van der Waals surface area contributed by atoms with Gasteiger partial charge in [-0.05, 0) is 31.2 Å². The zero-order valence-corrected chi connectivity index (χ0v) is 18.7. The van der Waals surface area contributed by atoms with Gasteiger partial charge in [0, 0.05) is 56.4 Å². The summed E-state index contributed by atoms with van der Waals surface area (Å²) in [6.07, 6.45) is 10.6. The summed E-state index contributed by atoms with van der Waals surface area (Å²) in [4.78, 5) is 25.3. The predicted octanol–water partition coefficient (Wildman–Crippen LogP) is 4.48. The molecule has 4 saturated heterocycles. The summed E-state index contributed by atoms with van der Waals surface area (Å²) in [5.41, 5.74) is 1.37. The molecular formula is C23H34Cl2N2O2.